The minimum atomic E-state index is -0.290. The zero-order valence-corrected chi connectivity index (χ0v) is 17.6. The maximum atomic E-state index is 13.2. The highest BCUT2D eigenvalue weighted by Crippen LogP contribution is 2.38. The topological polar surface area (TPSA) is 83.6 Å². The summed E-state index contributed by atoms with van der Waals surface area (Å²) >= 11 is 1.73. The Balaban J connectivity index is 1.54. The number of aryl methyl sites for hydroxylation is 1. The second kappa shape index (κ2) is 7.77. The number of carbonyl (C=O) groups is 1. The molecule has 1 aliphatic carbocycles. The zero-order chi connectivity index (χ0) is 20.7. The lowest BCUT2D eigenvalue weighted by atomic mass is 9.89. The van der Waals surface area contributed by atoms with Crippen LogP contribution in [0.5, 0.6) is 0 Å². The van der Waals surface area contributed by atoms with Crippen molar-refractivity contribution in [3.8, 4) is 0 Å². The predicted octanol–water partition coefficient (Wildman–Crippen LogP) is 3.10. The van der Waals surface area contributed by atoms with Crippen molar-refractivity contribution in [3.05, 3.63) is 58.5 Å². The molecule has 1 amide bonds. The number of hydrogen-bond acceptors (Lipinski definition) is 6. The smallest absolute Gasteiger partial charge is 0.293 e. The van der Waals surface area contributed by atoms with E-state index in [-0.39, 0.29) is 24.9 Å². The van der Waals surface area contributed by atoms with Crippen molar-refractivity contribution in [2.75, 3.05) is 13.2 Å². The first-order valence-corrected chi connectivity index (χ1v) is 11.1. The number of fused-ring (bicyclic) bond motifs is 5. The average molecular weight is 422 g/mol. The average Bonchev–Trinajstić information content (AvgIpc) is 3.34. The summed E-state index contributed by atoms with van der Waals surface area (Å²) in [5, 5.41) is 14.9. The molecule has 7 nitrogen and oxygen atoms in total. The van der Waals surface area contributed by atoms with E-state index in [1.165, 1.54) is 16.9 Å². The van der Waals surface area contributed by atoms with Crippen LogP contribution in [0.2, 0.25) is 0 Å². The van der Waals surface area contributed by atoms with E-state index >= 15 is 0 Å². The van der Waals surface area contributed by atoms with E-state index in [1.807, 2.05) is 30.3 Å². The van der Waals surface area contributed by atoms with Crippen LogP contribution in [0.1, 0.15) is 40.0 Å². The quantitative estimate of drug-likeness (QED) is 0.535. The van der Waals surface area contributed by atoms with Crippen molar-refractivity contribution in [2.24, 2.45) is 5.92 Å². The Kier molecular flexibility index (Phi) is 4.96. The standard InChI is InChI=1S/C22H23N5O2S/c1-14-7-8-17-16(11-14)18-20-24-19(25-27(20)13-23-21(18)30-17)22(29)26(9-10-28)12-15-5-3-2-4-6-15/h2-6,13-14,28H,7-12H2,1H3/t14-/m1/s1. The molecule has 1 aliphatic rings. The molecule has 1 N–H and O–H groups in total. The van der Waals surface area contributed by atoms with Gasteiger partial charge in [0, 0.05) is 18.0 Å². The van der Waals surface area contributed by atoms with Gasteiger partial charge in [0.2, 0.25) is 5.82 Å². The van der Waals surface area contributed by atoms with Crippen molar-refractivity contribution in [1.82, 2.24) is 24.5 Å². The first-order chi connectivity index (χ1) is 14.6. The Morgan fingerprint density at radius 3 is 2.97 bits per heavy atom. The lowest BCUT2D eigenvalue weighted by molar-refractivity contribution is 0.0696. The van der Waals surface area contributed by atoms with Gasteiger partial charge in [-0.2, -0.15) is 0 Å². The number of nitrogens with zero attached hydrogens (tertiary/aromatic N) is 5. The number of thiophene rings is 1. The third-order valence-electron chi connectivity index (χ3n) is 5.69. The number of aromatic nitrogens is 4. The second-order valence-electron chi connectivity index (χ2n) is 7.92. The summed E-state index contributed by atoms with van der Waals surface area (Å²) in [5.41, 5.74) is 3.00. The van der Waals surface area contributed by atoms with Gasteiger partial charge in [0.05, 0.1) is 12.0 Å². The third kappa shape index (κ3) is 3.36. The molecule has 30 heavy (non-hydrogen) atoms. The highest BCUT2D eigenvalue weighted by molar-refractivity contribution is 7.19. The molecule has 0 bridgehead atoms. The molecular weight excluding hydrogens is 398 g/mol. The van der Waals surface area contributed by atoms with Gasteiger partial charge < -0.3 is 10.0 Å². The van der Waals surface area contributed by atoms with Crippen LogP contribution < -0.4 is 0 Å². The molecule has 3 heterocycles. The van der Waals surface area contributed by atoms with E-state index in [1.54, 1.807) is 27.1 Å². The maximum absolute atomic E-state index is 13.2. The largest absolute Gasteiger partial charge is 0.395 e. The highest BCUT2D eigenvalue weighted by atomic mass is 32.1. The van der Waals surface area contributed by atoms with E-state index in [0.29, 0.717) is 18.1 Å². The molecule has 0 unspecified atom stereocenters. The summed E-state index contributed by atoms with van der Waals surface area (Å²) in [6.07, 6.45) is 4.92. The van der Waals surface area contributed by atoms with Gasteiger partial charge in [0.1, 0.15) is 11.2 Å². The van der Waals surface area contributed by atoms with E-state index in [9.17, 15) is 9.90 Å². The molecule has 8 heteroatoms. The summed E-state index contributed by atoms with van der Waals surface area (Å²) in [7, 11) is 0. The van der Waals surface area contributed by atoms with Gasteiger partial charge in [-0.05, 0) is 36.3 Å². The van der Waals surface area contributed by atoms with Crippen LogP contribution in [-0.2, 0) is 19.4 Å². The van der Waals surface area contributed by atoms with Gasteiger partial charge in [0.15, 0.2) is 5.65 Å². The molecule has 5 rings (SSSR count). The molecule has 0 saturated heterocycles. The first kappa shape index (κ1) is 19.1. The number of aliphatic hydroxyl groups is 1. The molecule has 1 aromatic carbocycles. The first-order valence-electron chi connectivity index (χ1n) is 10.2. The minimum Gasteiger partial charge on any atom is -0.395 e. The van der Waals surface area contributed by atoms with E-state index in [0.717, 1.165) is 28.6 Å². The molecule has 154 valence electrons. The normalized spacial score (nSPS) is 16.1. The van der Waals surface area contributed by atoms with E-state index in [2.05, 4.69) is 22.0 Å². The van der Waals surface area contributed by atoms with Crippen molar-refractivity contribution < 1.29 is 9.90 Å². The van der Waals surface area contributed by atoms with Crippen LogP contribution in [0.15, 0.2) is 36.7 Å². The van der Waals surface area contributed by atoms with Crippen LogP contribution in [0.25, 0.3) is 15.9 Å². The highest BCUT2D eigenvalue weighted by Gasteiger charge is 2.26. The number of rotatable bonds is 5. The van der Waals surface area contributed by atoms with Crippen LogP contribution in [0.4, 0.5) is 0 Å². The van der Waals surface area contributed by atoms with Crippen molar-refractivity contribution >= 4 is 33.1 Å². The Morgan fingerprint density at radius 1 is 1.33 bits per heavy atom. The van der Waals surface area contributed by atoms with Crippen LogP contribution in [-0.4, -0.2) is 48.6 Å². The monoisotopic (exact) mass is 421 g/mol. The Bertz CT molecular complexity index is 1220. The van der Waals surface area contributed by atoms with Crippen molar-refractivity contribution in [1.29, 1.82) is 0 Å². The molecule has 0 radical (unpaired) electrons. The van der Waals surface area contributed by atoms with Gasteiger partial charge in [-0.1, -0.05) is 37.3 Å². The Morgan fingerprint density at radius 2 is 2.17 bits per heavy atom. The molecule has 0 aliphatic heterocycles. The molecule has 4 aromatic rings. The SMILES string of the molecule is C[C@@H]1CCc2sc3ncn4nc(C(=O)N(CCO)Cc5ccccc5)nc4c3c2C1. The van der Waals surface area contributed by atoms with Crippen LogP contribution >= 0.6 is 11.3 Å². The summed E-state index contributed by atoms with van der Waals surface area (Å²) in [4.78, 5) is 26.3. The molecule has 0 saturated carbocycles. The molecule has 1 atom stereocenters. The number of aliphatic hydroxyl groups excluding tert-OH is 1. The molecular formula is C22H23N5O2S. The van der Waals surface area contributed by atoms with Gasteiger partial charge in [0.25, 0.3) is 5.91 Å². The fourth-order valence-electron chi connectivity index (χ4n) is 4.16. The fraction of sp³-hybridized carbons (Fsp3) is 0.364. The Hall–Kier alpha value is -2.84. The zero-order valence-electron chi connectivity index (χ0n) is 16.8. The summed E-state index contributed by atoms with van der Waals surface area (Å²) in [5.74, 6) is 0.477. The molecule has 0 spiro atoms. The molecule has 0 fully saturated rings. The van der Waals surface area contributed by atoms with E-state index < -0.39 is 0 Å². The summed E-state index contributed by atoms with van der Waals surface area (Å²) in [6, 6.07) is 9.72. The minimum absolute atomic E-state index is 0.117. The fourth-order valence-corrected chi connectivity index (χ4v) is 5.33. The van der Waals surface area contributed by atoms with Gasteiger partial charge in [-0.25, -0.2) is 14.5 Å². The number of hydrogen-bond donors (Lipinski definition) is 1. The lowest BCUT2D eigenvalue weighted by Crippen LogP contribution is -2.33. The van der Waals surface area contributed by atoms with Crippen LogP contribution in [0.3, 0.4) is 0 Å². The summed E-state index contributed by atoms with van der Waals surface area (Å²) in [6.45, 7) is 2.78. The predicted molar refractivity (Wildman–Crippen MR) is 116 cm³/mol. The van der Waals surface area contributed by atoms with Gasteiger partial charge in [-0.3, -0.25) is 4.79 Å². The van der Waals surface area contributed by atoms with Crippen molar-refractivity contribution in [3.63, 3.8) is 0 Å². The third-order valence-corrected chi connectivity index (χ3v) is 6.89. The number of benzene rings is 1. The van der Waals surface area contributed by atoms with Crippen molar-refractivity contribution in [2.45, 2.75) is 32.7 Å². The lowest BCUT2D eigenvalue weighted by Gasteiger charge is -2.20. The van der Waals surface area contributed by atoms with Crippen LogP contribution in [0, 0.1) is 5.92 Å². The van der Waals surface area contributed by atoms with Gasteiger partial charge >= 0.3 is 0 Å². The van der Waals surface area contributed by atoms with Gasteiger partial charge in [-0.15, -0.1) is 16.4 Å². The second-order valence-corrected chi connectivity index (χ2v) is 9.00. The Labute approximate surface area is 178 Å². The van der Waals surface area contributed by atoms with E-state index in [4.69, 9.17) is 0 Å². The summed E-state index contributed by atoms with van der Waals surface area (Å²) < 4.78 is 1.61. The number of carbonyl (C=O) groups excluding carboxylic acids is 1. The number of amides is 1. The molecule has 3 aromatic heterocycles. The maximum Gasteiger partial charge on any atom is 0.293 e.